The summed E-state index contributed by atoms with van der Waals surface area (Å²) in [5, 5.41) is 6.79. The van der Waals surface area contributed by atoms with Gasteiger partial charge in [-0.2, -0.15) is 0 Å². The number of piperazine rings is 1. The zero-order valence-electron chi connectivity index (χ0n) is 12.2. The van der Waals surface area contributed by atoms with Crippen LogP contribution in [-0.2, 0) is 4.79 Å². The highest BCUT2D eigenvalue weighted by Crippen LogP contribution is 2.27. The highest BCUT2D eigenvalue weighted by atomic mass is 35.5. The Kier molecular flexibility index (Phi) is 9.25. The first-order valence-corrected chi connectivity index (χ1v) is 6.94. The number of nitrogens with zero attached hydrogens (tertiary/aromatic N) is 1. The van der Waals surface area contributed by atoms with Crippen molar-refractivity contribution in [3.05, 3.63) is 28.3 Å². The predicted octanol–water partition coefficient (Wildman–Crippen LogP) is 2.64. The number of carbonyl (C=O) groups is 1. The second-order valence-electron chi connectivity index (χ2n) is 5.01. The molecule has 1 aliphatic rings. The molecule has 1 aromatic carbocycles. The molecular weight excluding hydrogens is 333 g/mol. The molecule has 1 aliphatic heterocycles. The third-order valence-electron chi connectivity index (χ3n) is 3.27. The molecule has 21 heavy (non-hydrogen) atoms. The maximum Gasteiger partial charge on any atom is 0.238 e. The highest BCUT2D eigenvalue weighted by Gasteiger charge is 2.15. The molecule has 0 saturated carbocycles. The molecule has 120 valence electrons. The lowest BCUT2D eigenvalue weighted by Gasteiger charge is -2.26. The van der Waals surface area contributed by atoms with Gasteiger partial charge in [0.15, 0.2) is 0 Å². The molecule has 2 rings (SSSR count). The second kappa shape index (κ2) is 9.49. The number of halogens is 3. The van der Waals surface area contributed by atoms with Gasteiger partial charge in [0, 0.05) is 26.2 Å². The van der Waals surface area contributed by atoms with Gasteiger partial charge in [0.25, 0.3) is 0 Å². The number of aryl methyl sites for hydroxylation is 2. The van der Waals surface area contributed by atoms with Gasteiger partial charge in [0.1, 0.15) is 0 Å². The van der Waals surface area contributed by atoms with E-state index in [0.717, 1.165) is 43.0 Å². The number of rotatable bonds is 3. The Bertz CT molecular complexity index is 454. The quantitative estimate of drug-likeness (QED) is 0.877. The monoisotopic (exact) mass is 353 g/mol. The number of hydrogen-bond acceptors (Lipinski definition) is 3. The van der Waals surface area contributed by atoms with Crippen molar-refractivity contribution in [1.82, 2.24) is 10.2 Å². The fraction of sp³-hybridized carbons (Fsp3) is 0.500. The normalized spacial score (nSPS) is 14.8. The molecule has 1 amide bonds. The summed E-state index contributed by atoms with van der Waals surface area (Å²) in [6.07, 6.45) is 0. The number of anilines is 1. The van der Waals surface area contributed by atoms with Crippen LogP contribution in [0.5, 0.6) is 0 Å². The number of amides is 1. The average molecular weight is 355 g/mol. The highest BCUT2D eigenvalue weighted by molar-refractivity contribution is 6.34. The Hall–Kier alpha value is -0.520. The summed E-state index contributed by atoms with van der Waals surface area (Å²) in [6, 6.07) is 3.89. The van der Waals surface area contributed by atoms with E-state index in [4.69, 9.17) is 11.6 Å². The zero-order chi connectivity index (χ0) is 13.8. The van der Waals surface area contributed by atoms with E-state index in [-0.39, 0.29) is 30.7 Å². The summed E-state index contributed by atoms with van der Waals surface area (Å²) in [7, 11) is 0. The van der Waals surface area contributed by atoms with Crippen LogP contribution in [0.4, 0.5) is 5.69 Å². The van der Waals surface area contributed by atoms with Crippen molar-refractivity contribution in [2.24, 2.45) is 0 Å². The fourth-order valence-corrected chi connectivity index (χ4v) is 2.69. The fourth-order valence-electron chi connectivity index (χ4n) is 2.33. The molecule has 1 saturated heterocycles. The van der Waals surface area contributed by atoms with E-state index in [1.165, 1.54) is 0 Å². The van der Waals surface area contributed by atoms with Gasteiger partial charge in [-0.05, 0) is 31.0 Å². The predicted molar refractivity (Wildman–Crippen MR) is 93.4 cm³/mol. The minimum absolute atomic E-state index is 0. The topological polar surface area (TPSA) is 44.4 Å². The Morgan fingerprint density at radius 3 is 2.48 bits per heavy atom. The van der Waals surface area contributed by atoms with Crippen molar-refractivity contribution in [3.63, 3.8) is 0 Å². The molecule has 0 aromatic heterocycles. The molecule has 0 bridgehead atoms. The van der Waals surface area contributed by atoms with Crippen LogP contribution in [0, 0.1) is 13.8 Å². The standard InChI is InChI=1S/C14H20ClN3O.2ClH/c1-10-7-11(2)14(12(15)8-10)17-13(19)9-18-5-3-16-4-6-18;;/h7-8,16H,3-6,9H2,1-2H3,(H,17,19);2*1H. The van der Waals surface area contributed by atoms with Gasteiger partial charge in [-0.25, -0.2) is 0 Å². The number of nitrogens with one attached hydrogen (secondary N) is 2. The summed E-state index contributed by atoms with van der Waals surface area (Å²) >= 11 is 6.18. The van der Waals surface area contributed by atoms with E-state index in [9.17, 15) is 4.79 Å². The molecule has 0 unspecified atom stereocenters. The van der Waals surface area contributed by atoms with Crippen LogP contribution in [0.3, 0.4) is 0 Å². The van der Waals surface area contributed by atoms with Gasteiger partial charge in [-0.3, -0.25) is 9.69 Å². The molecule has 0 aliphatic carbocycles. The van der Waals surface area contributed by atoms with Crippen molar-refractivity contribution in [2.75, 3.05) is 38.0 Å². The van der Waals surface area contributed by atoms with E-state index >= 15 is 0 Å². The van der Waals surface area contributed by atoms with E-state index in [1.54, 1.807) is 0 Å². The molecule has 0 radical (unpaired) electrons. The van der Waals surface area contributed by atoms with Crippen LogP contribution in [0.15, 0.2) is 12.1 Å². The van der Waals surface area contributed by atoms with Crippen molar-refractivity contribution < 1.29 is 4.79 Å². The van der Waals surface area contributed by atoms with Crippen molar-refractivity contribution >= 4 is 48.0 Å². The van der Waals surface area contributed by atoms with Crippen LogP contribution in [0.25, 0.3) is 0 Å². The Morgan fingerprint density at radius 1 is 1.29 bits per heavy atom. The van der Waals surface area contributed by atoms with Gasteiger partial charge in [0.05, 0.1) is 17.3 Å². The van der Waals surface area contributed by atoms with Crippen molar-refractivity contribution in [3.8, 4) is 0 Å². The summed E-state index contributed by atoms with van der Waals surface area (Å²) in [5.74, 6) is -0.00393. The smallest absolute Gasteiger partial charge is 0.238 e. The molecule has 4 nitrogen and oxygen atoms in total. The molecule has 7 heteroatoms. The van der Waals surface area contributed by atoms with Crippen molar-refractivity contribution in [2.45, 2.75) is 13.8 Å². The zero-order valence-corrected chi connectivity index (χ0v) is 14.6. The van der Waals surface area contributed by atoms with Crippen LogP contribution >= 0.6 is 36.4 Å². The Balaban J connectivity index is 0.00000200. The van der Waals surface area contributed by atoms with Crippen LogP contribution in [0.2, 0.25) is 5.02 Å². The summed E-state index contributed by atoms with van der Waals surface area (Å²) < 4.78 is 0. The third-order valence-corrected chi connectivity index (χ3v) is 3.57. The largest absolute Gasteiger partial charge is 0.323 e. The number of benzene rings is 1. The minimum atomic E-state index is -0.00393. The summed E-state index contributed by atoms with van der Waals surface area (Å²) in [5.41, 5.74) is 2.83. The third kappa shape index (κ3) is 6.01. The first kappa shape index (κ1) is 20.5. The first-order chi connectivity index (χ1) is 9.06. The van der Waals surface area contributed by atoms with Gasteiger partial charge in [-0.1, -0.05) is 17.7 Å². The second-order valence-corrected chi connectivity index (χ2v) is 5.42. The van der Waals surface area contributed by atoms with Gasteiger partial charge in [0.2, 0.25) is 5.91 Å². The Labute approximate surface area is 143 Å². The lowest BCUT2D eigenvalue weighted by Crippen LogP contribution is -2.46. The molecule has 2 N–H and O–H groups in total. The maximum absolute atomic E-state index is 12.0. The van der Waals surface area contributed by atoms with Crippen molar-refractivity contribution in [1.29, 1.82) is 0 Å². The van der Waals surface area contributed by atoms with Crippen LogP contribution in [-0.4, -0.2) is 43.5 Å². The van der Waals surface area contributed by atoms with Crippen LogP contribution < -0.4 is 10.6 Å². The molecule has 1 fully saturated rings. The SMILES string of the molecule is Cc1cc(C)c(NC(=O)CN2CCNCC2)c(Cl)c1.Cl.Cl. The first-order valence-electron chi connectivity index (χ1n) is 6.56. The number of carbonyl (C=O) groups excluding carboxylic acids is 1. The molecule has 1 aromatic rings. The Morgan fingerprint density at radius 2 is 1.90 bits per heavy atom. The molecule has 0 atom stereocenters. The van der Waals surface area contributed by atoms with E-state index in [0.29, 0.717) is 11.6 Å². The van der Waals surface area contributed by atoms with Gasteiger partial charge in [-0.15, -0.1) is 24.8 Å². The summed E-state index contributed by atoms with van der Waals surface area (Å²) in [6.45, 7) is 8.08. The van der Waals surface area contributed by atoms with E-state index < -0.39 is 0 Å². The van der Waals surface area contributed by atoms with E-state index in [2.05, 4.69) is 15.5 Å². The molecule has 0 spiro atoms. The molecule has 1 heterocycles. The lowest BCUT2D eigenvalue weighted by atomic mass is 10.1. The average Bonchev–Trinajstić information content (AvgIpc) is 2.35. The van der Waals surface area contributed by atoms with E-state index in [1.807, 2.05) is 26.0 Å². The minimum Gasteiger partial charge on any atom is -0.323 e. The molecular formula is C14H22Cl3N3O. The van der Waals surface area contributed by atoms with Crippen LogP contribution in [0.1, 0.15) is 11.1 Å². The number of hydrogen-bond donors (Lipinski definition) is 2. The van der Waals surface area contributed by atoms with Gasteiger partial charge >= 0.3 is 0 Å². The maximum atomic E-state index is 12.0. The lowest BCUT2D eigenvalue weighted by molar-refractivity contribution is -0.117. The summed E-state index contributed by atoms with van der Waals surface area (Å²) in [4.78, 5) is 14.2. The van der Waals surface area contributed by atoms with Gasteiger partial charge < -0.3 is 10.6 Å².